The lowest BCUT2D eigenvalue weighted by Crippen LogP contribution is -2.36. The van der Waals surface area contributed by atoms with Crippen molar-refractivity contribution in [3.05, 3.63) is 46.5 Å². The average molecular weight is 275 g/mol. The summed E-state index contributed by atoms with van der Waals surface area (Å²) in [6, 6.07) is 9.47. The van der Waals surface area contributed by atoms with Crippen LogP contribution in [-0.2, 0) is 5.54 Å². The zero-order valence-electron chi connectivity index (χ0n) is 12.6. The van der Waals surface area contributed by atoms with Crippen molar-refractivity contribution in [2.75, 3.05) is 0 Å². The Kier molecular flexibility index (Phi) is 3.70. The molecule has 0 atom stereocenters. The Morgan fingerprint density at radius 2 is 1.75 bits per heavy atom. The van der Waals surface area contributed by atoms with E-state index in [2.05, 4.69) is 4.99 Å². The molecule has 0 saturated carbocycles. The van der Waals surface area contributed by atoms with E-state index < -0.39 is 5.76 Å². The fourth-order valence-corrected chi connectivity index (χ4v) is 1.91. The summed E-state index contributed by atoms with van der Waals surface area (Å²) in [4.78, 5) is 16.8. The summed E-state index contributed by atoms with van der Waals surface area (Å²) < 4.78 is 8.47. The summed E-state index contributed by atoms with van der Waals surface area (Å²) in [5, 5.41) is 0. The van der Waals surface area contributed by atoms with Gasteiger partial charge >= 0.3 is 5.76 Å². The molecule has 20 heavy (non-hydrogen) atoms. The van der Waals surface area contributed by atoms with Gasteiger partial charge in [-0.25, -0.2) is 14.4 Å². The highest BCUT2D eigenvalue weighted by Gasteiger charge is 2.22. The van der Waals surface area contributed by atoms with E-state index in [4.69, 9.17) is 4.52 Å². The monoisotopic (exact) mass is 275 g/mol. The second-order valence-electron chi connectivity index (χ2n) is 6.02. The third-order valence-electron chi connectivity index (χ3n) is 2.73. The normalized spacial score (nSPS) is 13.2. The number of rotatable bonds is 2. The highest BCUT2D eigenvalue weighted by molar-refractivity contribution is 5.30. The number of benzene rings is 1. The SMILES string of the molecule is CC(C)N=c1n(C(C)(C)C)oc(=O)n1-c1ccccc1. The van der Waals surface area contributed by atoms with Crippen molar-refractivity contribution >= 4 is 0 Å². The van der Waals surface area contributed by atoms with Crippen molar-refractivity contribution in [2.24, 2.45) is 4.99 Å². The second-order valence-corrected chi connectivity index (χ2v) is 6.02. The smallest absolute Gasteiger partial charge is 0.317 e. The Bertz CT molecular complexity index is 697. The van der Waals surface area contributed by atoms with Crippen molar-refractivity contribution in [1.29, 1.82) is 0 Å². The van der Waals surface area contributed by atoms with E-state index in [1.807, 2.05) is 65.0 Å². The van der Waals surface area contributed by atoms with Gasteiger partial charge in [-0.05, 0) is 46.8 Å². The molecule has 0 radical (unpaired) electrons. The number of hydrogen-bond donors (Lipinski definition) is 0. The van der Waals surface area contributed by atoms with E-state index >= 15 is 0 Å². The first-order valence-electron chi connectivity index (χ1n) is 6.76. The third kappa shape index (κ3) is 2.76. The molecule has 0 fully saturated rings. The van der Waals surface area contributed by atoms with Gasteiger partial charge in [-0.3, -0.25) is 0 Å². The van der Waals surface area contributed by atoms with Gasteiger partial charge in [-0.15, -0.1) is 0 Å². The van der Waals surface area contributed by atoms with Crippen molar-refractivity contribution in [3.63, 3.8) is 0 Å². The predicted octanol–water partition coefficient (Wildman–Crippen LogP) is 2.30. The Morgan fingerprint density at radius 3 is 2.25 bits per heavy atom. The molecule has 2 aromatic rings. The molecule has 5 heteroatoms. The van der Waals surface area contributed by atoms with Crippen LogP contribution in [0.25, 0.3) is 5.69 Å². The number of nitrogens with zero attached hydrogens (tertiary/aromatic N) is 3. The fourth-order valence-electron chi connectivity index (χ4n) is 1.91. The molecular weight excluding hydrogens is 254 g/mol. The molecule has 1 aromatic carbocycles. The van der Waals surface area contributed by atoms with Crippen LogP contribution in [0.15, 0.2) is 44.6 Å². The highest BCUT2D eigenvalue weighted by atomic mass is 16.5. The van der Waals surface area contributed by atoms with Crippen LogP contribution in [0.5, 0.6) is 0 Å². The van der Waals surface area contributed by atoms with E-state index in [1.54, 1.807) is 4.74 Å². The second kappa shape index (κ2) is 5.15. The van der Waals surface area contributed by atoms with E-state index in [0.717, 1.165) is 5.69 Å². The van der Waals surface area contributed by atoms with Gasteiger partial charge in [0.25, 0.3) is 0 Å². The van der Waals surface area contributed by atoms with Crippen molar-refractivity contribution in [2.45, 2.75) is 46.2 Å². The minimum absolute atomic E-state index is 0.0653. The van der Waals surface area contributed by atoms with E-state index in [9.17, 15) is 4.79 Å². The van der Waals surface area contributed by atoms with Gasteiger partial charge in [-0.2, -0.15) is 4.74 Å². The summed E-state index contributed by atoms with van der Waals surface area (Å²) in [6.07, 6.45) is 0. The standard InChI is InChI=1S/C15H21N3O2/c1-11(2)16-13-17(12-9-7-6-8-10-12)14(19)20-18(13)15(3,4)5/h6-11H,1-5H3. The van der Waals surface area contributed by atoms with Crippen LogP contribution in [0.2, 0.25) is 0 Å². The highest BCUT2D eigenvalue weighted by Crippen LogP contribution is 2.10. The van der Waals surface area contributed by atoms with Crippen LogP contribution < -0.4 is 11.4 Å². The molecule has 2 rings (SSSR count). The van der Waals surface area contributed by atoms with Gasteiger partial charge in [0.1, 0.15) is 0 Å². The summed E-state index contributed by atoms with van der Waals surface area (Å²) in [6.45, 7) is 9.87. The lowest BCUT2D eigenvalue weighted by atomic mass is 10.1. The first-order valence-corrected chi connectivity index (χ1v) is 6.76. The van der Waals surface area contributed by atoms with E-state index in [-0.39, 0.29) is 11.6 Å². The molecule has 0 unspecified atom stereocenters. The van der Waals surface area contributed by atoms with E-state index in [1.165, 1.54) is 4.57 Å². The first-order chi connectivity index (χ1) is 9.30. The molecule has 0 spiro atoms. The largest absolute Gasteiger partial charge is 0.446 e. The first kappa shape index (κ1) is 14.4. The molecular formula is C15H21N3O2. The average Bonchev–Trinajstić information content (AvgIpc) is 2.66. The zero-order valence-corrected chi connectivity index (χ0v) is 12.6. The van der Waals surface area contributed by atoms with Gasteiger partial charge < -0.3 is 4.52 Å². The number of hydrogen-bond acceptors (Lipinski definition) is 3. The molecule has 0 N–H and O–H groups in total. The van der Waals surface area contributed by atoms with Crippen molar-refractivity contribution in [3.8, 4) is 5.69 Å². The zero-order chi connectivity index (χ0) is 14.9. The van der Waals surface area contributed by atoms with Crippen molar-refractivity contribution < 1.29 is 4.52 Å². The van der Waals surface area contributed by atoms with Gasteiger partial charge in [0.05, 0.1) is 11.2 Å². The minimum atomic E-state index is -0.425. The summed E-state index contributed by atoms with van der Waals surface area (Å²) in [7, 11) is 0. The van der Waals surface area contributed by atoms with Crippen LogP contribution >= 0.6 is 0 Å². The van der Waals surface area contributed by atoms with Crippen molar-refractivity contribution in [1.82, 2.24) is 9.31 Å². The Morgan fingerprint density at radius 1 is 1.15 bits per heavy atom. The lowest BCUT2D eigenvalue weighted by Gasteiger charge is -2.17. The van der Waals surface area contributed by atoms with Crippen LogP contribution in [0.3, 0.4) is 0 Å². The third-order valence-corrected chi connectivity index (χ3v) is 2.73. The van der Waals surface area contributed by atoms with Crippen LogP contribution in [0, 0.1) is 0 Å². The van der Waals surface area contributed by atoms with E-state index in [0.29, 0.717) is 5.62 Å². The molecule has 0 bridgehead atoms. The summed E-state index contributed by atoms with van der Waals surface area (Å²) >= 11 is 0. The quantitative estimate of drug-likeness (QED) is 0.844. The van der Waals surface area contributed by atoms with Gasteiger partial charge in [0.2, 0.25) is 5.62 Å². The maximum absolute atomic E-state index is 12.2. The number of aromatic nitrogens is 2. The molecule has 0 aliphatic carbocycles. The molecule has 0 saturated heterocycles. The predicted molar refractivity (Wildman–Crippen MR) is 78.0 cm³/mol. The van der Waals surface area contributed by atoms with Gasteiger partial charge in [0.15, 0.2) is 0 Å². The summed E-state index contributed by atoms with van der Waals surface area (Å²) in [5.74, 6) is -0.425. The Hall–Kier alpha value is -2.04. The summed E-state index contributed by atoms with van der Waals surface area (Å²) in [5.41, 5.74) is 0.930. The van der Waals surface area contributed by atoms with Crippen LogP contribution in [-0.4, -0.2) is 15.3 Å². The topological polar surface area (TPSA) is 52.4 Å². The van der Waals surface area contributed by atoms with Crippen LogP contribution in [0.1, 0.15) is 34.6 Å². The van der Waals surface area contributed by atoms with Gasteiger partial charge in [0, 0.05) is 6.04 Å². The molecule has 0 aliphatic rings. The van der Waals surface area contributed by atoms with Gasteiger partial charge in [-0.1, -0.05) is 18.2 Å². The lowest BCUT2D eigenvalue weighted by molar-refractivity contribution is 0.144. The molecule has 1 aromatic heterocycles. The Balaban J connectivity index is 2.83. The maximum atomic E-state index is 12.2. The molecule has 0 aliphatic heterocycles. The maximum Gasteiger partial charge on any atom is 0.446 e. The molecule has 0 amide bonds. The molecule has 5 nitrogen and oxygen atoms in total. The molecule has 1 heterocycles. The molecule has 108 valence electrons. The minimum Gasteiger partial charge on any atom is -0.317 e. The van der Waals surface area contributed by atoms with Crippen LogP contribution in [0.4, 0.5) is 0 Å². The number of para-hydroxylation sites is 1. The fraction of sp³-hybridized carbons (Fsp3) is 0.467. The Labute approximate surface area is 118 Å².